The average Bonchev–Trinajstić information content (AvgIpc) is 3.22. The summed E-state index contributed by atoms with van der Waals surface area (Å²) in [6.45, 7) is 5.78. The van der Waals surface area contributed by atoms with Crippen molar-refractivity contribution in [3.05, 3.63) is 17.6 Å². The summed E-state index contributed by atoms with van der Waals surface area (Å²) in [7, 11) is 0. The molecule has 1 aromatic heterocycles. The van der Waals surface area contributed by atoms with Gasteiger partial charge < -0.3 is 10.2 Å². The van der Waals surface area contributed by atoms with Crippen molar-refractivity contribution in [3.8, 4) is 0 Å². The van der Waals surface area contributed by atoms with Crippen LogP contribution in [0.15, 0.2) is 6.07 Å². The standard InChI is InChI=1S/C15H22N4O/c1-10-8-14(17-11(2)16-10)19-7-3-4-13(9-19)18-15(20)12-5-6-12/h8,12-13H,3-7,9H2,1-2H3,(H,18,20). The fourth-order valence-electron chi connectivity index (χ4n) is 2.83. The van der Waals surface area contributed by atoms with Crippen LogP contribution in [-0.4, -0.2) is 35.0 Å². The molecule has 0 bridgehead atoms. The van der Waals surface area contributed by atoms with E-state index in [-0.39, 0.29) is 17.9 Å². The summed E-state index contributed by atoms with van der Waals surface area (Å²) >= 11 is 0. The molecule has 5 heteroatoms. The minimum atomic E-state index is 0.242. The second kappa shape index (κ2) is 5.38. The van der Waals surface area contributed by atoms with Crippen LogP contribution in [0.2, 0.25) is 0 Å². The number of aryl methyl sites for hydroxylation is 2. The molecule has 1 aliphatic heterocycles. The zero-order chi connectivity index (χ0) is 14.1. The minimum absolute atomic E-state index is 0.242. The maximum atomic E-state index is 11.9. The monoisotopic (exact) mass is 274 g/mol. The summed E-state index contributed by atoms with van der Waals surface area (Å²) in [6.07, 6.45) is 4.29. The normalized spacial score (nSPS) is 22.7. The van der Waals surface area contributed by atoms with Gasteiger partial charge in [-0.05, 0) is 39.5 Å². The van der Waals surface area contributed by atoms with Crippen LogP contribution < -0.4 is 10.2 Å². The highest BCUT2D eigenvalue weighted by atomic mass is 16.2. The molecule has 2 aliphatic rings. The molecule has 3 rings (SSSR count). The molecule has 1 unspecified atom stereocenters. The highest BCUT2D eigenvalue weighted by molar-refractivity contribution is 5.81. The third-order valence-electron chi connectivity index (χ3n) is 3.99. The zero-order valence-corrected chi connectivity index (χ0v) is 12.2. The topological polar surface area (TPSA) is 58.1 Å². The molecule has 1 aliphatic carbocycles. The first-order valence-electron chi connectivity index (χ1n) is 7.49. The first kappa shape index (κ1) is 13.3. The molecular weight excluding hydrogens is 252 g/mol. The maximum Gasteiger partial charge on any atom is 0.223 e. The smallest absolute Gasteiger partial charge is 0.223 e. The number of nitrogens with one attached hydrogen (secondary N) is 1. The van der Waals surface area contributed by atoms with Gasteiger partial charge in [-0.1, -0.05) is 0 Å². The summed E-state index contributed by atoms with van der Waals surface area (Å²) in [5.41, 5.74) is 0.997. The Morgan fingerprint density at radius 1 is 1.30 bits per heavy atom. The minimum Gasteiger partial charge on any atom is -0.354 e. The van der Waals surface area contributed by atoms with Crippen LogP contribution >= 0.6 is 0 Å². The summed E-state index contributed by atoms with van der Waals surface area (Å²) < 4.78 is 0. The molecule has 0 radical (unpaired) electrons. The van der Waals surface area contributed by atoms with Crippen LogP contribution in [0, 0.1) is 19.8 Å². The third-order valence-corrected chi connectivity index (χ3v) is 3.99. The Hall–Kier alpha value is -1.65. The van der Waals surface area contributed by atoms with E-state index in [1.807, 2.05) is 19.9 Å². The highest BCUT2D eigenvalue weighted by Crippen LogP contribution is 2.29. The van der Waals surface area contributed by atoms with Gasteiger partial charge in [0.1, 0.15) is 11.6 Å². The fourth-order valence-corrected chi connectivity index (χ4v) is 2.83. The van der Waals surface area contributed by atoms with Crippen molar-refractivity contribution in [2.75, 3.05) is 18.0 Å². The SMILES string of the molecule is Cc1cc(N2CCCC(NC(=O)C3CC3)C2)nc(C)n1. The molecule has 1 amide bonds. The van der Waals surface area contributed by atoms with Crippen LogP contribution in [0.5, 0.6) is 0 Å². The number of hydrogen-bond donors (Lipinski definition) is 1. The van der Waals surface area contributed by atoms with E-state index < -0.39 is 0 Å². The number of hydrogen-bond acceptors (Lipinski definition) is 4. The van der Waals surface area contributed by atoms with Crippen molar-refractivity contribution in [1.29, 1.82) is 0 Å². The van der Waals surface area contributed by atoms with E-state index >= 15 is 0 Å². The Balaban J connectivity index is 1.66. The fraction of sp³-hybridized carbons (Fsp3) is 0.667. The van der Waals surface area contributed by atoms with Crippen molar-refractivity contribution in [2.24, 2.45) is 5.92 Å². The lowest BCUT2D eigenvalue weighted by atomic mass is 10.1. The molecule has 1 aromatic rings. The van der Waals surface area contributed by atoms with Gasteiger partial charge in [0.15, 0.2) is 0 Å². The number of aromatic nitrogens is 2. The van der Waals surface area contributed by atoms with E-state index in [1.54, 1.807) is 0 Å². The van der Waals surface area contributed by atoms with Gasteiger partial charge in [-0.25, -0.2) is 9.97 Å². The first-order valence-corrected chi connectivity index (χ1v) is 7.49. The van der Waals surface area contributed by atoms with Gasteiger partial charge in [-0.15, -0.1) is 0 Å². The lowest BCUT2D eigenvalue weighted by Gasteiger charge is -2.34. The molecule has 0 spiro atoms. The largest absolute Gasteiger partial charge is 0.354 e. The van der Waals surface area contributed by atoms with Crippen molar-refractivity contribution in [3.63, 3.8) is 0 Å². The number of carbonyl (C=O) groups is 1. The second-order valence-corrected chi connectivity index (χ2v) is 5.98. The van der Waals surface area contributed by atoms with Gasteiger partial charge in [0.2, 0.25) is 5.91 Å². The Bertz CT molecular complexity index is 492. The third kappa shape index (κ3) is 3.08. The predicted molar refractivity (Wildman–Crippen MR) is 77.6 cm³/mol. The molecule has 1 saturated heterocycles. The summed E-state index contributed by atoms with van der Waals surface area (Å²) in [5.74, 6) is 2.32. The van der Waals surface area contributed by atoms with E-state index in [0.29, 0.717) is 0 Å². The summed E-state index contributed by atoms with van der Waals surface area (Å²) in [5, 5.41) is 3.19. The van der Waals surface area contributed by atoms with Crippen LogP contribution in [-0.2, 0) is 4.79 Å². The van der Waals surface area contributed by atoms with Crippen molar-refractivity contribution in [2.45, 2.75) is 45.6 Å². The van der Waals surface area contributed by atoms with Crippen LogP contribution in [0.1, 0.15) is 37.2 Å². The highest BCUT2D eigenvalue weighted by Gasteiger charge is 2.32. The van der Waals surface area contributed by atoms with Gasteiger partial charge in [0.25, 0.3) is 0 Å². The summed E-state index contributed by atoms with van der Waals surface area (Å²) in [4.78, 5) is 23.0. The molecule has 108 valence electrons. The molecule has 2 fully saturated rings. The lowest BCUT2D eigenvalue weighted by molar-refractivity contribution is -0.123. The average molecular weight is 274 g/mol. The quantitative estimate of drug-likeness (QED) is 0.909. The van der Waals surface area contributed by atoms with Crippen molar-refractivity contribution in [1.82, 2.24) is 15.3 Å². The zero-order valence-electron chi connectivity index (χ0n) is 12.2. The van der Waals surface area contributed by atoms with E-state index in [0.717, 1.165) is 56.1 Å². The predicted octanol–water partition coefficient (Wildman–Crippen LogP) is 1.59. The van der Waals surface area contributed by atoms with Gasteiger partial charge in [0.05, 0.1) is 0 Å². The molecule has 2 heterocycles. The van der Waals surface area contributed by atoms with Crippen LogP contribution in [0.25, 0.3) is 0 Å². The van der Waals surface area contributed by atoms with Gasteiger partial charge >= 0.3 is 0 Å². The second-order valence-electron chi connectivity index (χ2n) is 5.98. The number of nitrogens with zero attached hydrogens (tertiary/aromatic N) is 3. The maximum absolute atomic E-state index is 11.9. The van der Waals surface area contributed by atoms with E-state index in [9.17, 15) is 4.79 Å². The first-order chi connectivity index (χ1) is 9.61. The van der Waals surface area contributed by atoms with E-state index in [2.05, 4.69) is 20.2 Å². The molecular formula is C15H22N4O. The molecule has 1 N–H and O–H groups in total. The van der Waals surface area contributed by atoms with Crippen molar-refractivity contribution < 1.29 is 4.79 Å². The van der Waals surface area contributed by atoms with Crippen LogP contribution in [0.4, 0.5) is 5.82 Å². The summed E-state index contributed by atoms with van der Waals surface area (Å²) in [6, 6.07) is 2.28. The molecule has 1 atom stereocenters. The Labute approximate surface area is 119 Å². The Kier molecular flexibility index (Phi) is 3.59. The molecule has 0 aromatic carbocycles. The van der Waals surface area contributed by atoms with Crippen molar-refractivity contribution >= 4 is 11.7 Å². The lowest BCUT2D eigenvalue weighted by Crippen LogP contribution is -2.48. The number of anilines is 1. The molecule has 1 saturated carbocycles. The van der Waals surface area contributed by atoms with E-state index in [4.69, 9.17) is 0 Å². The number of carbonyl (C=O) groups excluding carboxylic acids is 1. The molecule has 20 heavy (non-hydrogen) atoms. The number of piperidine rings is 1. The van der Waals surface area contributed by atoms with Gasteiger partial charge in [-0.2, -0.15) is 0 Å². The van der Waals surface area contributed by atoms with Crippen LogP contribution in [0.3, 0.4) is 0 Å². The number of rotatable bonds is 3. The molecule has 5 nitrogen and oxygen atoms in total. The van der Waals surface area contributed by atoms with E-state index in [1.165, 1.54) is 0 Å². The Morgan fingerprint density at radius 3 is 2.80 bits per heavy atom. The van der Waals surface area contributed by atoms with Gasteiger partial charge in [0, 0.05) is 36.8 Å². The van der Waals surface area contributed by atoms with Gasteiger partial charge in [-0.3, -0.25) is 4.79 Å². The Morgan fingerprint density at radius 2 is 2.10 bits per heavy atom. The number of amides is 1.